The zero-order chi connectivity index (χ0) is 23.5. The molecule has 5 heteroatoms. The van der Waals surface area contributed by atoms with Gasteiger partial charge in [-0.15, -0.1) is 0 Å². The molecule has 0 saturated heterocycles. The SMILES string of the molecule is C=C(O)/C=C\C(=C)C(Cl)=C=C(c1ccc(OCCN(CC)CC)cc1)c1cccc(O)c1. The van der Waals surface area contributed by atoms with Gasteiger partial charge in [-0.2, -0.15) is 0 Å². The molecule has 0 atom stereocenters. The number of allylic oxidation sites excluding steroid dienone is 4. The highest BCUT2D eigenvalue weighted by Gasteiger charge is 2.08. The topological polar surface area (TPSA) is 52.9 Å². The molecule has 2 aromatic rings. The van der Waals surface area contributed by atoms with E-state index in [4.69, 9.17) is 16.3 Å². The minimum atomic E-state index is -0.0932. The smallest absolute Gasteiger partial charge is 0.119 e. The Morgan fingerprint density at radius 3 is 2.34 bits per heavy atom. The molecule has 4 nitrogen and oxygen atoms in total. The van der Waals surface area contributed by atoms with Crippen LogP contribution in [0.1, 0.15) is 25.0 Å². The number of aliphatic hydroxyl groups excluding tert-OH is 1. The molecule has 2 N–H and O–H groups in total. The van der Waals surface area contributed by atoms with Crippen molar-refractivity contribution in [2.75, 3.05) is 26.2 Å². The molecule has 0 aromatic heterocycles. The van der Waals surface area contributed by atoms with Crippen LogP contribution in [0.3, 0.4) is 0 Å². The molecule has 0 bridgehead atoms. The van der Waals surface area contributed by atoms with Gasteiger partial charge in [-0.3, -0.25) is 0 Å². The molecular formula is C27H30ClNO3. The lowest BCUT2D eigenvalue weighted by Gasteiger charge is -2.18. The first-order valence-corrected chi connectivity index (χ1v) is 10.9. The highest BCUT2D eigenvalue weighted by molar-refractivity contribution is 6.32. The summed E-state index contributed by atoms with van der Waals surface area (Å²) in [7, 11) is 0. The van der Waals surface area contributed by atoms with E-state index in [1.54, 1.807) is 24.3 Å². The second-order valence-electron chi connectivity index (χ2n) is 7.11. The third kappa shape index (κ3) is 7.82. The summed E-state index contributed by atoms with van der Waals surface area (Å²) >= 11 is 6.44. The third-order valence-corrected chi connectivity index (χ3v) is 5.18. The normalized spacial score (nSPS) is 10.8. The number of hydrogen-bond donors (Lipinski definition) is 2. The zero-order valence-corrected chi connectivity index (χ0v) is 19.4. The maximum absolute atomic E-state index is 9.95. The summed E-state index contributed by atoms with van der Waals surface area (Å²) < 4.78 is 5.88. The van der Waals surface area contributed by atoms with Gasteiger partial charge in [0.2, 0.25) is 0 Å². The molecule has 0 aliphatic heterocycles. The van der Waals surface area contributed by atoms with Gasteiger partial charge < -0.3 is 19.8 Å². The summed E-state index contributed by atoms with van der Waals surface area (Å²) in [5.74, 6) is 0.828. The van der Waals surface area contributed by atoms with Crippen molar-refractivity contribution in [1.82, 2.24) is 4.90 Å². The van der Waals surface area contributed by atoms with Crippen LogP contribution in [0, 0.1) is 0 Å². The van der Waals surface area contributed by atoms with Gasteiger partial charge in [0.25, 0.3) is 0 Å². The lowest BCUT2D eigenvalue weighted by molar-refractivity contribution is 0.223. The Morgan fingerprint density at radius 2 is 1.75 bits per heavy atom. The molecule has 0 saturated carbocycles. The zero-order valence-electron chi connectivity index (χ0n) is 18.6. The highest BCUT2D eigenvalue weighted by Crippen LogP contribution is 2.28. The maximum Gasteiger partial charge on any atom is 0.119 e. The summed E-state index contributed by atoms with van der Waals surface area (Å²) in [5, 5.41) is 19.5. The van der Waals surface area contributed by atoms with Crippen molar-refractivity contribution in [2.24, 2.45) is 0 Å². The first kappa shape index (κ1) is 25.1. The van der Waals surface area contributed by atoms with E-state index in [1.165, 1.54) is 6.08 Å². The van der Waals surface area contributed by atoms with Crippen molar-refractivity contribution in [2.45, 2.75) is 13.8 Å². The van der Waals surface area contributed by atoms with Crippen LogP contribution in [0.25, 0.3) is 5.57 Å². The number of aliphatic hydroxyl groups is 1. The number of aromatic hydroxyl groups is 1. The van der Waals surface area contributed by atoms with E-state index in [0.717, 1.165) is 36.5 Å². The molecule has 32 heavy (non-hydrogen) atoms. The van der Waals surface area contributed by atoms with Crippen LogP contribution in [0.5, 0.6) is 11.5 Å². The first-order chi connectivity index (χ1) is 15.3. The summed E-state index contributed by atoms with van der Waals surface area (Å²) in [6.07, 6.45) is 2.97. The number of nitrogens with zero attached hydrogens (tertiary/aromatic N) is 1. The van der Waals surface area contributed by atoms with E-state index >= 15 is 0 Å². The van der Waals surface area contributed by atoms with Gasteiger partial charge in [0.15, 0.2) is 0 Å². The lowest BCUT2D eigenvalue weighted by Crippen LogP contribution is -2.27. The standard InChI is InChI=1S/C27H30ClNO3/c1-5-29(6-2)16-17-32-25-14-12-22(13-15-25)26(23-8-7-9-24(31)18-23)19-27(28)20(3)10-11-21(4)30/h7-15,18,30-31H,3-6,16-17H2,1-2H3/b11-10-. The van der Waals surface area contributed by atoms with Crippen LogP contribution in [0.2, 0.25) is 0 Å². The monoisotopic (exact) mass is 451 g/mol. The summed E-state index contributed by atoms with van der Waals surface area (Å²) in [6, 6.07) is 14.5. The van der Waals surface area contributed by atoms with E-state index in [1.807, 2.05) is 30.3 Å². The molecule has 0 aliphatic rings. The number of phenolic OH excluding ortho intramolecular Hbond substituents is 1. The second-order valence-corrected chi connectivity index (χ2v) is 7.49. The largest absolute Gasteiger partial charge is 0.509 e. The fourth-order valence-corrected chi connectivity index (χ4v) is 3.14. The van der Waals surface area contributed by atoms with Gasteiger partial charge >= 0.3 is 0 Å². The Morgan fingerprint density at radius 1 is 1.06 bits per heavy atom. The van der Waals surface area contributed by atoms with E-state index in [-0.39, 0.29) is 16.5 Å². The molecule has 168 valence electrons. The number of likely N-dealkylation sites (N-methyl/N-ethyl adjacent to an activating group) is 1. The molecule has 0 aliphatic carbocycles. The van der Waals surface area contributed by atoms with Crippen molar-refractivity contribution in [3.05, 3.63) is 107 Å². The van der Waals surface area contributed by atoms with Gasteiger partial charge in [-0.25, -0.2) is 0 Å². The Bertz CT molecular complexity index is 1030. The second kappa shape index (κ2) is 12.6. The molecule has 2 aromatic carbocycles. The highest BCUT2D eigenvalue weighted by atomic mass is 35.5. The third-order valence-electron chi connectivity index (χ3n) is 4.84. The van der Waals surface area contributed by atoms with Crippen molar-refractivity contribution >= 4 is 17.2 Å². The van der Waals surface area contributed by atoms with Crippen LogP contribution in [0.15, 0.2) is 95.9 Å². The van der Waals surface area contributed by atoms with Crippen LogP contribution < -0.4 is 4.74 Å². The summed E-state index contributed by atoms with van der Waals surface area (Å²) in [4.78, 5) is 2.30. The Kier molecular flexibility index (Phi) is 9.90. The van der Waals surface area contributed by atoms with Crippen LogP contribution in [0.4, 0.5) is 0 Å². The predicted molar refractivity (Wildman–Crippen MR) is 133 cm³/mol. The van der Waals surface area contributed by atoms with Gasteiger partial charge in [-0.05, 0) is 66.2 Å². The molecule has 0 fully saturated rings. The lowest BCUT2D eigenvalue weighted by atomic mass is 9.98. The number of hydrogen-bond acceptors (Lipinski definition) is 4. The molecular weight excluding hydrogens is 422 g/mol. The number of rotatable bonds is 11. The van der Waals surface area contributed by atoms with Crippen LogP contribution in [-0.2, 0) is 0 Å². The van der Waals surface area contributed by atoms with Gasteiger partial charge in [-0.1, -0.05) is 68.6 Å². The Labute approximate surface area is 195 Å². The van der Waals surface area contributed by atoms with Crippen molar-refractivity contribution in [3.63, 3.8) is 0 Å². The molecule has 0 unspecified atom stereocenters. The molecule has 0 radical (unpaired) electrons. The average molecular weight is 452 g/mol. The first-order valence-electron chi connectivity index (χ1n) is 10.5. The molecule has 0 heterocycles. The minimum absolute atomic E-state index is 0.0932. The van der Waals surface area contributed by atoms with Crippen LogP contribution in [-0.4, -0.2) is 41.4 Å². The van der Waals surface area contributed by atoms with Gasteiger partial charge in [0.1, 0.15) is 23.9 Å². The van der Waals surface area contributed by atoms with E-state index in [9.17, 15) is 10.2 Å². The number of benzene rings is 2. The van der Waals surface area contributed by atoms with Gasteiger partial charge in [0.05, 0.1) is 5.03 Å². The average Bonchev–Trinajstić information content (AvgIpc) is 2.79. The molecule has 2 rings (SSSR count). The maximum atomic E-state index is 9.95. The van der Waals surface area contributed by atoms with Crippen LogP contribution >= 0.6 is 11.6 Å². The van der Waals surface area contributed by atoms with Crippen molar-refractivity contribution in [1.29, 1.82) is 0 Å². The minimum Gasteiger partial charge on any atom is -0.509 e. The fourth-order valence-electron chi connectivity index (χ4n) is 2.98. The fraction of sp³-hybridized carbons (Fsp3) is 0.222. The predicted octanol–water partition coefficient (Wildman–Crippen LogP) is 6.45. The van der Waals surface area contributed by atoms with E-state index in [0.29, 0.717) is 17.8 Å². The number of phenols is 1. The van der Waals surface area contributed by atoms with Gasteiger partial charge in [0, 0.05) is 12.1 Å². The van der Waals surface area contributed by atoms with Crippen molar-refractivity contribution in [3.8, 4) is 11.5 Å². The van der Waals surface area contributed by atoms with E-state index in [2.05, 4.69) is 37.6 Å². The molecule has 0 amide bonds. The number of halogens is 1. The summed E-state index contributed by atoms with van der Waals surface area (Å²) in [5.41, 5.74) is 5.94. The van der Waals surface area contributed by atoms with E-state index < -0.39 is 0 Å². The number of ether oxygens (including phenoxy) is 1. The summed E-state index contributed by atoms with van der Waals surface area (Å²) in [6.45, 7) is 15.1. The Balaban J connectivity index is 2.35. The molecule has 0 spiro atoms. The van der Waals surface area contributed by atoms with Crippen molar-refractivity contribution < 1.29 is 14.9 Å². The quantitative estimate of drug-likeness (QED) is 0.234. The Hall–Kier alpha value is -3.17.